The van der Waals surface area contributed by atoms with Crippen LogP contribution in [-0.4, -0.2) is 31.8 Å². The first kappa shape index (κ1) is 21.6. The Balaban J connectivity index is 1.28. The van der Waals surface area contributed by atoms with Gasteiger partial charge in [0, 0.05) is 17.5 Å². The van der Waals surface area contributed by atoms with Gasteiger partial charge in [0.05, 0.1) is 24.4 Å². The largest absolute Gasteiger partial charge is 0.496 e. The minimum atomic E-state index is -0.796. The lowest BCUT2D eigenvalue weighted by Crippen LogP contribution is -2.28. The summed E-state index contributed by atoms with van der Waals surface area (Å²) >= 11 is 3.04. The number of ether oxygens (including phenoxy) is 2. The van der Waals surface area contributed by atoms with Crippen LogP contribution in [0.1, 0.15) is 47.8 Å². The Hall–Kier alpha value is -2.95. The summed E-state index contributed by atoms with van der Waals surface area (Å²) < 4.78 is 19.5. The molecule has 0 spiro atoms. The zero-order chi connectivity index (χ0) is 23.3. The predicted octanol–water partition coefficient (Wildman–Crippen LogP) is 5.71. The van der Waals surface area contributed by atoms with E-state index in [9.17, 15) is 5.11 Å². The SMILES string of the molecule is COc1cc(OCc2csc(C3(O)CCCCC3)n2)c2cc(-c3cn4nc(C)sc4n3)oc2c1. The number of aromatic nitrogens is 4. The maximum atomic E-state index is 11.0. The average Bonchev–Trinajstić information content (AvgIpc) is 3.60. The topological polar surface area (TPSA) is 94.9 Å². The molecule has 1 aromatic carbocycles. The monoisotopic (exact) mass is 496 g/mol. The third-order valence-electron chi connectivity index (χ3n) is 6.21. The minimum Gasteiger partial charge on any atom is -0.496 e. The fraction of sp³-hybridized carbons (Fsp3) is 0.375. The minimum absolute atomic E-state index is 0.290. The molecule has 10 heteroatoms. The van der Waals surface area contributed by atoms with Crippen molar-refractivity contribution in [1.82, 2.24) is 19.6 Å². The van der Waals surface area contributed by atoms with Crippen molar-refractivity contribution in [3.63, 3.8) is 0 Å². The quantitative estimate of drug-likeness (QED) is 0.322. The molecule has 176 valence electrons. The lowest BCUT2D eigenvalue weighted by molar-refractivity contribution is -0.00102. The van der Waals surface area contributed by atoms with Crippen LogP contribution in [0.2, 0.25) is 0 Å². The number of aliphatic hydroxyl groups is 1. The Morgan fingerprint density at radius 2 is 2.03 bits per heavy atom. The molecule has 0 amide bonds. The van der Waals surface area contributed by atoms with Crippen LogP contribution in [0.4, 0.5) is 0 Å². The lowest BCUT2D eigenvalue weighted by atomic mass is 9.85. The summed E-state index contributed by atoms with van der Waals surface area (Å²) in [5, 5.41) is 19.9. The molecule has 1 aliphatic rings. The number of benzene rings is 1. The second kappa shape index (κ2) is 8.37. The Kier molecular flexibility index (Phi) is 5.31. The molecule has 0 radical (unpaired) electrons. The summed E-state index contributed by atoms with van der Waals surface area (Å²) in [5.41, 5.74) is 1.37. The van der Waals surface area contributed by atoms with Crippen LogP contribution in [0.3, 0.4) is 0 Å². The van der Waals surface area contributed by atoms with Crippen molar-refractivity contribution in [2.75, 3.05) is 7.11 Å². The van der Waals surface area contributed by atoms with E-state index >= 15 is 0 Å². The van der Waals surface area contributed by atoms with Crippen molar-refractivity contribution in [2.24, 2.45) is 0 Å². The van der Waals surface area contributed by atoms with Gasteiger partial charge in [0.25, 0.3) is 0 Å². The molecule has 5 aromatic rings. The average molecular weight is 497 g/mol. The number of hydrogen-bond donors (Lipinski definition) is 1. The molecule has 6 rings (SSSR count). The first-order valence-electron chi connectivity index (χ1n) is 11.3. The van der Waals surface area contributed by atoms with Crippen molar-refractivity contribution < 1.29 is 19.0 Å². The number of nitrogens with zero attached hydrogens (tertiary/aromatic N) is 4. The summed E-state index contributed by atoms with van der Waals surface area (Å²) in [6, 6.07) is 5.62. The maximum Gasteiger partial charge on any atom is 0.212 e. The van der Waals surface area contributed by atoms with E-state index in [0.717, 1.165) is 51.7 Å². The fourth-order valence-electron chi connectivity index (χ4n) is 4.45. The molecule has 0 aliphatic heterocycles. The number of furan rings is 1. The smallest absolute Gasteiger partial charge is 0.212 e. The second-order valence-corrected chi connectivity index (χ2v) is 10.7. The molecule has 34 heavy (non-hydrogen) atoms. The molecule has 0 atom stereocenters. The molecular formula is C24H24N4O4S2. The second-order valence-electron chi connectivity index (χ2n) is 8.65. The van der Waals surface area contributed by atoms with Gasteiger partial charge in [0.15, 0.2) is 5.76 Å². The Bertz CT molecular complexity index is 1440. The zero-order valence-corrected chi connectivity index (χ0v) is 20.5. The van der Waals surface area contributed by atoms with Gasteiger partial charge < -0.3 is 19.0 Å². The first-order valence-corrected chi connectivity index (χ1v) is 13.0. The fourth-order valence-corrected chi connectivity index (χ4v) is 6.14. The van der Waals surface area contributed by atoms with E-state index in [1.54, 1.807) is 11.6 Å². The molecule has 0 unspecified atom stereocenters. The van der Waals surface area contributed by atoms with E-state index in [1.165, 1.54) is 29.1 Å². The number of hydrogen-bond acceptors (Lipinski definition) is 9. The van der Waals surface area contributed by atoms with Crippen LogP contribution in [0.5, 0.6) is 11.5 Å². The van der Waals surface area contributed by atoms with Gasteiger partial charge in [-0.25, -0.2) is 14.5 Å². The molecule has 1 fully saturated rings. The highest BCUT2D eigenvalue weighted by Crippen LogP contribution is 2.39. The number of rotatable bonds is 6. The van der Waals surface area contributed by atoms with Gasteiger partial charge in [-0.2, -0.15) is 5.10 Å². The Labute approximate surface area is 203 Å². The van der Waals surface area contributed by atoms with Gasteiger partial charge in [-0.1, -0.05) is 30.6 Å². The van der Waals surface area contributed by atoms with Gasteiger partial charge in [-0.15, -0.1) is 11.3 Å². The molecule has 1 N–H and O–H groups in total. The molecule has 1 saturated carbocycles. The van der Waals surface area contributed by atoms with Crippen LogP contribution in [0.15, 0.2) is 34.2 Å². The number of imidazole rings is 1. The Morgan fingerprint density at radius 3 is 2.82 bits per heavy atom. The van der Waals surface area contributed by atoms with E-state index in [1.807, 2.05) is 36.7 Å². The third-order valence-corrected chi connectivity index (χ3v) is 8.13. The predicted molar refractivity (Wildman–Crippen MR) is 131 cm³/mol. The molecule has 4 heterocycles. The molecule has 4 aromatic heterocycles. The molecular weight excluding hydrogens is 472 g/mol. The number of methoxy groups -OCH3 is 1. The van der Waals surface area contributed by atoms with E-state index in [4.69, 9.17) is 18.9 Å². The van der Waals surface area contributed by atoms with Crippen molar-refractivity contribution in [3.8, 4) is 23.0 Å². The molecule has 0 saturated heterocycles. The highest BCUT2D eigenvalue weighted by Gasteiger charge is 2.34. The van der Waals surface area contributed by atoms with E-state index in [0.29, 0.717) is 35.1 Å². The van der Waals surface area contributed by atoms with Crippen LogP contribution >= 0.6 is 22.7 Å². The lowest BCUT2D eigenvalue weighted by Gasteiger charge is -2.29. The molecule has 1 aliphatic carbocycles. The van der Waals surface area contributed by atoms with Crippen molar-refractivity contribution >= 4 is 38.6 Å². The van der Waals surface area contributed by atoms with Crippen LogP contribution in [0.25, 0.3) is 27.4 Å². The van der Waals surface area contributed by atoms with Crippen molar-refractivity contribution in [3.05, 3.63) is 45.5 Å². The van der Waals surface area contributed by atoms with Crippen LogP contribution in [0, 0.1) is 6.92 Å². The van der Waals surface area contributed by atoms with Gasteiger partial charge in [-0.05, 0) is 25.8 Å². The van der Waals surface area contributed by atoms with Crippen LogP contribution < -0.4 is 9.47 Å². The Morgan fingerprint density at radius 1 is 1.18 bits per heavy atom. The van der Waals surface area contributed by atoms with Crippen LogP contribution in [-0.2, 0) is 12.2 Å². The van der Waals surface area contributed by atoms with Crippen molar-refractivity contribution in [1.29, 1.82) is 0 Å². The van der Waals surface area contributed by atoms with Crippen molar-refractivity contribution in [2.45, 2.75) is 51.2 Å². The summed E-state index contributed by atoms with van der Waals surface area (Å²) in [6.45, 7) is 2.25. The first-order chi connectivity index (χ1) is 16.5. The summed E-state index contributed by atoms with van der Waals surface area (Å²) in [4.78, 5) is 10.2. The van der Waals surface area contributed by atoms with Gasteiger partial charge in [0.2, 0.25) is 4.96 Å². The maximum absolute atomic E-state index is 11.0. The van der Waals surface area contributed by atoms with Gasteiger partial charge in [0.1, 0.15) is 45.0 Å². The van der Waals surface area contributed by atoms with E-state index in [2.05, 4.69) is 10.1 Å². The molecule has 0 bridgehead atoms. The summed E-state index contributed by atoms with van der Waals surface area (Å²) in [5.74, 6) is 1.92. The van der Waals surface area contributed by atoms with E-state index < -0.39 is 5.60 Å². The summed E-state index contributed by atoms with van der Waals surface area (Å²) in [7, 11) is 1.61. The van der Waals surface area contributed by atoms with Gasteiger partial charge in [-0.3, -0.25) is 0 Å². The zero-order valence-electron chi connectivity index (χ0n) is 18.9. The third kappa shape index (κ3) is 3.85. The highest BCUT2D eigenvalue weighted by molar-refractivity contribution is 7.16. The standard InChI is InChI=1S/C24H24N4O4S2/c1-14-27-28-11-18(26-23(28)34-14)21-10-17-19(8-16(30-2)9-20(17)32-21)31-12-15-13-33-22(25-15)24(29)6-4-3-5-7-24/h8-11,13,29H,3-7,12H2,1-2H3. The van der Waals surface area contributed by atoms with Gasteiger partial charge >= 0.3 is 0 Å². The number of fused-ring (bicyclic) bond motifs is 2. The number of thiazole rings is 1. The molecule has 8 nitrogen and oxygen atoms in total. The van der Waals surface area contributed by atoms with E-state index in [-0.39, 0.29) is 0 Å². The highest BCUT2D eigenvalue weighted by atomic mass is 32.1. The number of aryl methyl sites for hydroxylation is 1. The normalized spacial score (nSPS) is 15.9. The summed E-state index contributed by atoms with van der Waals surface area (Å²) in [6.07, 6.45) is 6.66.